The van der Waals surface area contributed by atoms with Gasteiger partial charge in [0.25, 0.3) is 0 Å². The third kappa shape index (κ3) is 10.2. The highest BCUT2D eigenvalue weighted by Gasteiger charge is 1.89. The number of esters is 1. The minimum Gasteiger partial charge on any atom is -0.463 e. The molecule has 0 saturated carbocycles. The maximum absolute atomic E-state index is 10.8. The summed E-state index contributed by atoms with van der Waals surface area (Å²) in [6.07, 6.45) is 5.88. The monoisotopic (exact) mass is 204 g/mol. The van der Waals surface area contributed by atoms with Crippen LogP contribution in [0, 0.1) is 23.7 Å². The van der Waals surface area contributed by atoms with Crippen LogP contribution in [0.2, 0.25) is 0 Å². The van der Waals surface area contributed by atoms with Crippen LogP contribution in [-0.4, -0.2) is 12.6 Å². The summed E-state index contributed by atoms with van der Waals surface area (Å²) >= 11 is 0. The molecule has 2 heteroatoms. The summed E-state index contributed by atoms with van der Waals surface area (Å²) in [5.41, 5.74) is 0. The zero-order chi connectivity index (χ0) is 11.4. The highest BCUT2D eigenvalue weighted by molar-refractivity contribution is 5.82. The minimum atomic E-state index is -0.370. The highest BCUT2D eigenvalue weighted by Crippen LogP contribution is 1.89. The smallest absolute Gasteiger partial charge is 0.331 e. The van der Waals surface area contributed by atoms with Crippen molar-refractivity contribution < 1.29 is 9.53 Å². The molecule has 0 unspecified atom stereocenters. The van der Waals surface area contributed by atoms with Crippen LogP contribution >= 0.6 is 0 Å². The van der Waals surface area contributed by atoms with Gasteiger partial charge in [-0.25, -0.2) is 4.79 Å². The van der Waals surface area contributed by atoms with Crippen molar-refractivity contribution in [1.82, 2.24) is 0 Å². The molecule has 0 aromatic heterocycles. The van der Waals surface area contributed by atoms with Crippen LogP contribution in [0.25, 0.3) is 0 Å². The van der Waals surface area contributed by atoms with E-state index in [4.69, 9.17) is 0 Å². The van der Waals surface area contributed by atoms with E-state index in [2.05, 4.69) is 35.3 Å². The van der Waals surface area contributed by atoms with E-state index in [0.717, 1.165) is 19.3 Å². The SMILES string of the molecule is CCCCC#CC#C/C=C/C(=O)OCC. The van der Waals surface area contributed by atoms with Crippen molar-refractivity contribution in [1.29, 1.82) is 0 Å². The third-order valence-electron chi connectivity index (χ3n) is 1.47. The van der Waals surface area contributed by atoms with E-state index < -0.39 is 0 Å². The topological polar surface area (TPSA) is 26.3 Å². The summed E-state index contributed by atoms with van der Waals surface area (Å²) in [4.78, 5) is 10.8. The largest absolute Gasteiger partial charge is 0.463 e. The van der Waals surface area contributed by atoms with E-state index >= 15 is 0 Å². The van der Waals surface area contributed by atoms with Crippen LogP contribution in [0.1, 0.15) is 33.1 Å². The van der Waals surface area contributed by atoms with Gasteiger partial charge in [-0.2, -0.15) is 0 Å². The zero-order valence-electron chi connectivity index (χ0n) is 9.30. The van der Waals surface area contributed by atoms with Gasteiger partial charge >= 0.3 is 5.97 Å². The Morgan fingerprint density at radius 2 is 2.13 bits per heavy atom. The van der Waals surface area contributed by atoms with Gasteiger partial charge in [-0.1, -0.05) is 25.2 Å². The Morgan fingerprint density at radius 3 is 2.80 bits per heavy atom. The van der Waals surface area contributed by atoms with Crippen molar-refractivity contribution in [3.8, 4) is 23.7 Å². The Balaban J connectivity index is 3.77. The molecule has 80 valence electrons. The Morgan fingerprint density at radius 1 is 1.33 bits per heavy atom. The second kappa shape index (κ2) is 10.4. The zero-order valence-corrected chi connectivity index (χ0v) is 9.30. The van der Waals surface area contributed by atoms with E-state index in [1.807, 2.05) is 0 Å². The molecule has 0 aromatic carbocycles. The first-order chi connectivity index (χ1) is 7.31. The van der Waals surface area contributed by atoms with Crippen molar-refractivity contribution in [2.24, 2.45) is 0 Å². The molecule has 0 bridgehead atoms. The van der Waals surface area contributed by atoms with Gasteiger partial charge in [0.2, 0.25) is 0 Å². The fourth-order valence-electron chi connectivity index (χ4n) is 0.750. The molecule has 0 heterocycles. The van der Waals surface area contributed by atoms with E-state index in [9.17, 15) is 4.79 Å². The second-order valence-electron chi connectivity index (χ2n) is 2.76. The molecule has 0 N–H and O–H groups in total. The third-order valence-corrected chi connectivity index (χ3v) is 1.47. The lowest BCUT2D eigenvalue weighted by Gasteiger charge is -1.91. The van der Waals surface area contributed by atoms with Gasteiger partial charge in [0, 0.05) is 12.5 Å². The average Bonchev–Trinajstić information content (AvgIpc) is 2.22. The van der Waals surface area contributed by atoms with Gasteiger partial charge in [-0.3, -0.25) is 0 Å². The predicted octanol–water partition coefficient (Wildman–Crippen LogP) is 2.30. The first-order valence-electron chi connectivity index (χ1n) is 5.13. The van der Waals surface area contributed by atoms with Crippen LogP contribution in [0.5, 0.6) is 0 Å². The summed E-state index contributed by atoms with van der Waals surface area (Å²) in [7, 11) is 0. The first-order valence-corrected chi connectivity index (χ1v) is 5.13. The number of rotatable bonds is 4. The van der Waals surface area contributed by atoms with Crippen LogP contribution in [0.15, 0.2) is 12.2 Å². The number of ether oxygens (including phenoxy) is 1. The maximum atomic E-state index is 10.8. The van der Waals surface area contributed by atoms with E-state index in [1.54, 1.807) is 6.92 Å². The summed E-state index contributed by atoms with van der Waals surface area (Å²) in [5, 5.41) is 0. The van der Waals surface area contributed by atoms with Crippen LogP contribution in [0.3, 0.4) is 0 Å². The standard InChI is InChI=1S/C13H16O2/c1-3-5-6-7-8-9-10-11-12-13(14)15-4-2/h11-12H,3-6H2,1-2H3/b12-11+. The molecule has 0 spiro atoms. The summed E-state index contributed by atoms with van der Waals surface area (Å²) in [6.45, 7) is 4.26. The summed E-state index contributed by atoms with van der Waals surface area (Å²) < 4.78 is 4.67. The highest BCUT2D eigenvalue weighted by atomic mass is 16.5. The lowest BCUT2D eigenvalue weighted by molar-refractivity contribution is -0.137. The number of allylic oxidation sites excluding steroid dienone is 1. The molecule has 0 aromatic rings. The van der Waals surface area contributed by atoms with Crippen LogP contribution < -0.4 is 0 Å². The molecule has 2 nitrogen and oxygen atoms in total. The van der Waals surface area contributed by atoms with Gasteiger partial charge < -0.3 is 4.74 Å². The van der Waals surface area contributed by atoms with Gasteiger partial charge in [-0.15, -0.1) is 0 Å². The lowest BCUT2D eigenvalue weighted by Crippen LogP contribution is -1.98. The van der Waals surface area contributed by atoms with Crippen molar-refractivity contribution in [3.05, 3.63) is 12.2 Å². The van der Waals surface area contributed by atoms with Crippen LogP contribution in [-0.2, 0) is 9.53 Å². The second-order valence-corrected chi connectivity index (χ2v) is 2.76. The molecule has 0 fully saturated rings. The lowest BCUT2D eigenvalue weighted by atomic mass is 10.2. The van der Waals surface area contributed by atoms with Crippen molar-refractivity contribution in [3.63, 3.8) is 0 Å². The summed E-state index contributed by atoms with van der Waals surface area (Å²) in [5.74, 6) is 10.6. The average molecular weight is 204 g/mol. The number of carbonyl (C=O) groups excluding carboxylic acids is 1. The minimum absolute atomic E-state index is 0.370. The Labute approximate surface area is 91.7 Å². The molecule has 0 rings (SSSR count). The number of unbranched alkanes of at least 4 members (excludes halogenated alkanes) is 2. The Bertz CT molecular complexity index is 318. The van der Waals surface area contributed by atoms with Gasteiger partial charge in [-0.05, 0) is 31.3 Å². The molecule has 0 radical (unpaired) electrons. The van der Waals surface area contributed by atoms with E-state index in [0.29, 0.717) is 6.61 Å². The summed E-state index contributed by atoms with van der Waals surface area (Å²) in [6, 6.07) is 0. The van der Waals surface area contributed by atoms with Crippen molar-refractivity contribution in [2.75, 3.05) is 6.61 Å². The Kier molecular flexibility index (Phi) is 9.25. The predicted molar refractivity (Wildman–Crippen MR) is 60.9 cm³/mol. The van der Waals surface area contributed by atoms with Crippen molar-refractivity contribution >= 4 is 5.97 Å². The molecular weight excluding hydrogens is 188 g/mol. The van der Waals surface area contributed by atoms with Crippen LogP contribution in [0.4, 0.5) is 0 Å². The molecule has 0 saturated heterocycles. The van der Waals surface area contributed by atoms with Crippen molar-refractivity contribution in [2.45, 2.75) is 33.1 Å². The molecule has 0 aliphatic rings. The molecule has 0 amide bonds. The number of hydrogen-bond acceptors (Lipinski definition) is 2. The molecular formula is C13H16O2. The van der Waals surface area contributed by atoms with Gasteiger partial charge in [0.1, 0.15) is 0 Å². The number of hydrogen-bond donors (Lipinski definition) is 0. The first kappa shape index (κ1) is 13.3. The fourth-order valence-corrected chi connectivity index (χ4v) is 0.750. The molecule has 0 aliphatic heterocycles. The molecule has 0 atom stereocenters. The fraction of sp³-hybridized carbons (Fsp3) is 0.462. The molecule has 15 heavy (non-hydrogen) atoms. The van der Waals surface area contributed by atoms with Gasteiger partial charge in [0.05, 0.1) is 6.61 Å². The quantitative estimate of drug-likeness (QED) is 0.304. The van der Waals surface area contributed by atoms with E-state index in [1.165, 1.54) is 12.2 Å². The number of carbonyl (C=O) groups is 1. The van der Waals surface area contributed by atoms with E-state index in [-0.39, 0.29) is 5.97 Å². The normalized spacial score (nSPS) is 8.67. The Hall–Kier alpha value is -1.67. The molecule has 0 aliphatic carbocycles. The maximum Gasteiger partial charge on any atom is 0.331 e. The van der Waals surface area contributed by atoms with Gasteiger partial charge in [0.15, 0.2) is 0 Å².